The first-order chi connectivity index (χ1) is 14.9. The average molecular weight is 450 g/mol. The third kappa shape index (κ3) is 5.57. The van der Waals surface area contributed by atoms with Crippen molar-refractivity contribution in [1.29, 1.82) is 0 Å². The molecule has 31 heavy (non-hydrogen) atoms. The third-order valence-corrected chi connectivity index (χ3v) is 5.72. The number of urea groups is 1. The van der Waals surface area contributed by atoms with Gasteiger partial charge in [0.2, 0.25) is 0 Å². The van der Waals surface area contributed by atoms with Crippen LogP contribution in [0.15, 0.2) is 35.5 Å². The van der Waals surface area contributed by atoms with Gasteiger partial charge >= 0.3 is 18.0 Å². The second kappa shape index (κ2) is 10.6. The van der Waals surface area contributed by atoms with Crippen molar-refractivity contribution in [1.82, 2.24) is 15.5 Å². The van der Waals surface area contributed by atoms with Crippen molar-refractivity contribution in [3.63, 3.8) is 0 Å². The van der Waals surface area contributed by atoms with Crippen LogP contribution >= 0.6 is 11.6 Å². The molecule has 0 aliphatic carbocycles. The molecule has 3 rings (SSSR count). The van der Waals surface area contributed by atoms with Crippen LogP contribution in [-0.4, -0.2) is 55.7 Å². The highest BCUT2D eigenvalue weighted by molar-refractivity contribution is 6.31. The Morgan fingerprint density at radius 2 is 1.94 bits per heavy atom. The lowest BCUT2D eigenvalue weighted by molar-refractivity contribution is -0.150. The van der Waals surface area contributed by atoms with E-state index in [1.807, 2.05) is 0 Å². The molecule has 2 amide bonds. The molecule has 0 aromatic heterocycles. The van der Waals surface area contributed by atoms with Crippen LogP contribution in [0.4, 0.5) is 4.79 Å². The topological polar surface area (TPSA) is 97.0 Å². The summed E-state index contributed by atoms with van der Waals surface area (Å²) in [5.74, 6) is -0.957. The molecule has 0 bridgehead atoms. The fourth-order valence-electron chi connectivity index (χ4n) is 4.01. The first-order valence-corrected chi connectivity index (χ1v) is 10.9. The van der Waals surface area contributed by atoms with Crippen LogP contribution in [0.1, 0.15) is 38.3 Å². The van der Waals surface area contributed by atoms with Crippen molar-refractivity contribution in [2.45, 2.75) is 32.7 Å². The molecule has 1 aromatic carbocycles. The van der Waals surface area contributed by atoms with Crippen LogP contribution in [0.2, 0.25) is 5.02 Å². The van der Waals surface area contributed by atoms with Crippen LogP contribution in [0.5, 0.6) is 0 Å². The van der Waals surface area contributed by atoms with E-state index in [1.54, 1.807) is 38.1 Å². The molecule has 8 nitrogen and oxygen atoms in total. The van der Waals surface area contributed by atoms with Crippen molar-refractivity contribution in [3.05, 3.63) is 46.1 Å². The van der Waals surface area contributed by atoms with Crippen molar-refractivity contribution in [3.8, 4) is 0 Å². The summed E-state index contributed by atoms with van der Waals surface area (Å²) >= 11 is 6.37. The number of nitrogens with zero attached hydrogens (tertiary/aromatic N) is 1. The molecule has 0 radical (unpaired) electrons. The molecule has 168 valence electrons. The number of carbonyl (C=O) groups is 3. The normalized spacial score (nSPS) is 21.8. The Morgan fingerprint density at radius 1 is 1.19 bits per heavy atom. The zero-order chi connectivity index (χ0) is 22.4. The molecular formula is C22H28ClN3O5. The molecule has 1 aromatic rings. The molecule has 2 aliphatic heterocycles. The number of benzene rings is 1. The van der Waals surface area contributed by atoms with E-state index in [0.717, 1.165) is 19.4 Å². The largest absolute Gasteiger partial charge is 0.466 e. The van der Waals surface area contributed by atoms with E-state index < -0.39 is 18.0 Å². The highest BCUT2D eigenvalue weighted by Gasteiger charge is 2.36. The Hall–Kier alpha value is -2.58. The van der Waals surface area contributed by atoms with Gasteiger partial charge < -0.3 is 20.1 Å². The van der Waals surface area contributed by atoms with Crippen molar-refractivity contribution in [2.75, 3.05) is 32.8 Å². The van der Waals surface area contributed by atoms with Gasteiger partial charge in [0, 0.05) is 23.8 Å². The predicted molar refractivity (Wildman–Crippen MR) is 115 cm³/mol. The summed E-state index contributed by atoms with van der Waals surface area (Å²) in [6.07, 6.45) is 1.58. The van der Waals surface area contributed by atoms with E-state index in [-0.39, 0.29) is 18.5 Å². The molecule has 0 saturated carbocycles. The molecule has 9 heteroatoms. The molecule has 1 fully saturated rings. The summed E-state index contributed by atoms with van der Waals surface area (Å²) in [5, 5.41) is 6.00. The van der Waals surface area contributed by atoms with Gasteiger partial charge in [-0.25, -0.2) is 9.59 Å². The Labute approximate surface area is 186 Å². The van der Waals surface area contributed by atoms with Crippen LogP contribution in [0, 0.1) is 5.92 Å². The number of ether oxygens (including phenoxy) is 2. The van der Waals surface area contributed by atoms with E-state index in [4.69, 9.17) is 21.1 Å². The van der Waals surface area contributed by atoms with Gasteiger partial charge in [0.1, 0.15) is 0 Å². The Kier molecular flexibility index (Phi) is 7.92. The van der Waals surface area contributed by atoms with Crippen LogP contribution in [0.25, 0.3) is 0 Å². The van der Waals surface area contributed by atoms with Crippen LogP contribution in [0.3, 0.4) is 0 Å². The maximum Gasteiger partial charge on any atom is 0.338 e. The van der Waals surface area contributed by atoms with Gasteiger partial charge in [-0.15, -0.1) is 0 Å². The number of likely N-dealkylation sites (tertiary alicyclic amines) is 1. The van der Waals surface area contributed by atoms with Gasteiger partial charge in [-0.05, 0) is 44.9 Å². The van der Waals surface area contributed by atoms with Crippen LogP contribution in [-0.2, 0) is 19.1 Å². The number of esters is 2. The number of piperidine rings is 1. The fourth-order valence-corrected chi connectivity index (χ4v) is 4.26. The SMILES string of the molecule is CCOC(=O)C1=C(CN2CCC[C@H](C(=O)OCC)C2)NC(=O)N[C@H]1c1ccccc1Cl. The second-order valence-electron chi connectivity index (χ2n) is 7.49. The van der Waals surface area contributed by atoms with E-state index >= 15 is 0 Å². The maximum atomic E-state index is 12.9. The van der Waals surface area contributed by atoms with Crippen LogP contribution < -0.4 is 10.6 Å². The highest BCUT2D eigenvalue weighted by atomic mass is 35.5. The minimum atomic E-state index is -0.734. The average Bonchev–Trinajstić information content (AvgIpc) is 2.74. The fraction of sp³-hybridized carbons (Fsp3) is 0.500. The summed E-state index contributed by atoms with van der Waals surface area (Å²) in [7, 11) is 0. The van der Waals surface area contributed by atoms with E-state index in [9.17, 15) is 14.4 Å². The van der Waals surface area contributed by atoms with Crippen molar-refractivity contribution >= 4 is 29.6 Å². The Balaban J connectivity index is 1.92. The number of halogens is 1. The molecule has 2 heterocycles. The number of nitrogens with one attached hydrogen (secondary N) is 2. The molecular weight excluding hydrogens is 422 g/mol. The summed E-state index contributed by atoms with van der Waals surface area (Å²) in [4.78, 5) is 39.6. The third-order valence-electron chi connectivity index (χ3n) is 5.37. The standard InChI is InChI=1S/C22H28ClN3O5/c1-3-30-20(27)14-8-7-11-26(12-14)13-17-18(21(28)31-4-2)19(25-22(29)24-17)15-9-5-6-10-16(15)23/h5-6,9-10,14,19H,3-4,7-8,11-13H2,1-2H3,(H2,24,25,29)/t14-,19-/m0/s1. The van der Waals surface area contributed by atoms with E-state index in [0.29, 0.717) is 41.6 Å². The number of rotatable bonds is 7. The summed E-state index contributed by atoms with van der Waals surface area (Å²) < 4.78 is 10.5. The lowest BCUT2D eigenvalue weighted by atomic mass is 9.93. The minimum absolute atomic E-state index is 0.202. The zero-order valence-electron chi connectivity index (χ0n) is 17.8. The summed E-state index contributed by atoms with van der Waals surface area (Å²) in [6, 6.07) is 5.91. The second-order valence-corrected chi connectivity index (χ2v) is 7.90. The maximum absolute atomic E-state index is 12.9. The zero-order valence-corrected chi connectivity index (χ0v) is 18.5. The summed E-state index contributed by atoms with van der Waals surface area (Å²) in [6.45, 7) is 5.61. The Bertz CT molecular complexity index is 872. The number of hydrogen-bond acceptors (Lipinski definition) is 6. The molecule has 1 saturated heterocycles. The van der Waals surface area contributed by atoms with Gasteiger partial charge in [0.05, 0.1) is 30.7 Å². The lowest BCUT2D eigenvalue weighted by Gasteiger charge is -2.35. The monoisotopic (exact) mass is 449 g/mol. The quantitative estimate of drug-likeness (QED) is 0.621. The lowest BCUT2D eigenvalue weighted by Crippen LogP contribution is -2.50. The van der Waals surface area contributed by atoms with E-state index in [2.05, 4.69) is 15.5 Å². The van der Waals surface area contributed by atoms with Gasteiger partial charge in [0.15, 0.2) is 0 Å². The number of amides is 2. The number of carbonyl (C=O) groups excluding carboxylic acids is 3. The molecule has 2 aliphatic rings. The molecule has 2 atom stereocenters. The van der Waals surface area contributed by atoms with Gasteiger partial charge in [-0.1, -0.05) is 29.8 Å². The minimum Gasteiger partial charge on any atom is -0.466 e. The molecule has 0 spiro atoms. The van der Waals surface area contributed by atoms with Crippen molar-refractivity contribution in [2.24, 2.45) is 5.92 Å². The smallest absolute Gasteiger partial charge is 0.338 e. The first-order valence-electron chi connectivity index (χ1n) is 10.6. The van der Waals surface area contributed by atoms with Crippen molar-refractivity contribution < 1.29 is 23.9 Å². The first kappa shape index (κ1) is 23.1. The molecule has 2 N–H and O–H groups in total. The highest BCUT2D eigenvalue weighted by Crippen LogP contribution is 2.32. The molecule has 0 unspecified atom stereocenters. The predicted octanol–water partition coefficient (Wildman–Crippen LogP) is 2.79. The van der Waals surface area contributed by atoms with Gasteiger partial charge in [0.25, 0.3) is 0 Å². The van der Waals surface area contributed by atoms with Gasteiger partial charge in [-0.3, -0.25) is 9.69 Å². The summed E-state index contributed by atoms with van der Waals surface area (Å²) in [5.41, 5.74) is 1.38. The Morgan fingerprint density at radius 3 is 2.65 bits per heavy atom. The van der Waals surface area contributed by atoms with Gasteiger partial charge in [-0.2, -0.15) is 0 Å². The van der Waals surface area contributed by atoms with E-state index in [1.165, 1.54) is 0 Å². The number of hydrogen-bond donors (Lipinski definition) is 2.